The molecule has 1 aliphatic heterocycles. The number of hydrogen-bond donors (Lipinski definition) is 4. The molecule has 2 heterocycles. The molecule has 3 saturated carbocycles. The van der Waals surface area contributed by atoms with E-state index in [0.717, 1.165) is 89.0 Å². The molecule has 0 spiro atoms. The fraction of sp³-hybridized carbons (Fsp3) is 0.730. The molecule has 1 aromatic rings. The van der Waals surface area contributed by atoms with Crippen molar-refractivity contribution in [3.05, 3.63) is 30.1 Å². The van der Waals surface area contributed by atoms with Gasteiger partial charge in [0.1, 0.15) is 12.1 Å². The van der Waals surface area contributed by atoms with E-state index in [4.69, 9.17) is 5.73 Å². The number of likely N-dealkylation sites (tertiary alicyclic amines) is 1. The smallest absolute Gasteiger partial charge is 0.315 e. The maximum Gasteiger partial charge on any atom is 0.315 e. The largest absolute Gasteiger partial charge is 0.363 e. The lowest BCUT2D eigenvalue weighted by Gasteiger charge is -2.40. The van der Waals surface area contributed by atoms with Crippen molar-refractivity contribution in [3.8, 4) is 0 Å². The number of rotatable bonds is 14. The molecule has 0 bridgehead atoms. The molecule has 4 aliphatic rings. The molecule has 5 N–H and O–H groups in total. The average Bonchev–Trinajstić information content (AvgIpc) is 3.83. The Hall–Kier alpha value is -3.50. The Labute approximate surface area is 285 Å². The van der Waals surface area contributed by atoms with Crippen molar-refractivity contribution in [1.29, 1.82) is 0 Å². The van der Waals surface area contributed by atoms with Gasteiger partial charge in [-0.1, -0.05) is 84.1 Å². The third kappa shape index (κ3) is 8.74. The van der Waals surface area contributed by atoms with E-state index >= 15 is 0 Å². The van der Waals surface area contributed by atoms with Crippen molar-refractivity contribution in [2.24, 2.45) is 29.4 Å². The summed E-state index contributed by atoms with van der Waals surface area (Å²) in [5, 5.41) is 9.34. The zero-order valence-electron chi connectivity index (χ0n) is 28.9. The normalized spacial score (nSPS) is 25.5. The summed E-state index contributed by atoms with van der Waals surface area (Å²) < 4.78 is 0. The van der Waals surface area contributed by atoms with Crippen LogP contribution in [-0.4, -0.2) is 69.6 Å². The van der Waals surface area contributed by atoms with E-state index < -0.39 is 41.3 Å². The summed E-state index contributed by atoms with van der Waals surface area (Å²) in [5.74, 6) is -2.31. The molecule has 3 aliphatic carbocycles. The minimum Gasteiger partial charge on any atom is -0.363 e. The topological polar surface area (TPSA) is 164 Å². The average molecular weight is 665 g/mol. The summed E-state index contributed by atoms with van der Waals surface area (Å²) in [4.78, 5) is 73.4. The first-order valence-electron chi connectivity index (χ1n) is 18.6. The maximum absolute atomic E-state index is 14.8. The minimum atomic E-state index is -1.06. The molecule has 48 heavy (non-hydrogen) atoms. The number of hydrogen-bond acceptors (Lipinski definition) is 6. The third-order valence-corrected chi connectivity index (χ3v) is 11.6. The van der Waals surface area contributed by atoms with Gasteiger partial charge in [0.15, 0.2) is 0 Å². The fourth-order valence-electron chi connectivity index (χ4n) is 8.80. The summed E-state index contributed by atoms with van der Waals surface area (Å²) in [6.45, 7) is 4.49. The van der Waals surface area contributed by atoms with Gasteiger partial charge in [0, 0.05) is 24.5 Å². The van der Waals surface area contributed by atoms with E-state index in [2.05, 4.69) is 27.9 Å². The molecule has 5 amide bonds. The summed E-state index contributed by atoms with van der Waals surface area (Å²) in [7, 11) is 0. The lowest BCUT2D eigenvalue weighted by molar-refractivity contribution is -0.143. The summed E-state index contributed by atoms with van der Waals surface area (Å²) in [5.41, 5.74) is 6.01. The first-order valence-corrected chi connectivity index (χ1v) is 18.6. The van der Waals surface area contributed by atoms with E-state index in [-0.39, 0.29) is 35.6 Å². The first kappa shape index (κ1) is 35.8. The lowest BCUT2D eigenvalue weighted by atomic mass is 9.77. The Morgan fingerprint density at radius 1 is 0.958 bits per heavy atom. The van der Waals surface area contributed by atoms with E-state index in [1.54, 1.807) is 11.1 Å². The highest BCUT2D eigenvalue weighted by Gasteiger charge is 2.49. The van der Waals surface area contributed by atoms with Crippen LogP contribution >= 0.6 is 0 Å². The molecule has 5 atom stereocenters. The van der Waals surface area contributed by atoms with E-state index in [1.165, 1.54) is 0 Å². The number of nitrogens with two attached hydrogens (primary N) is 1. The predicted octanol–water partition coefficient (Wildman–Crippen LogP) is 4.18. The van der Waals surface area contributed by atoms with Gasteiger partial charge in [-0.3, -0.25) is 24.2 Å². The molecule has 11 heteroatoms. The van der Waals surface area contributed by atoms with Crippen molar-refractivity contribution < 1.29 is 24.0 Å². The van der Waals surface area contributed by atoms with Crippen LogP contribution in [0.5, 0.6) is 0 Å². The van der Waals surface area contributed by atoms with Gasteiger partial charge in [0.2, 0.25) is 17.6 Å². The monoisotopic (exact) mass is 664 g/mol. The Bertz CT molecular complexity index is 1290. The highest BCUT2D eigenvalue weighted by atomic mass is 16.2. The number of carbonyl (C=O) groups is 5. The van der Waals surface area contributed by atoms with Crippen molar-refractivity contribution >= 4 is 29.5 Å². The van der Waals surface area contributed by atoms with Crippen molar-refractivity contribution in [1.82, 2.24) is 25.8 Å². The van der Waals surface area contributed by atoms with Gasteiger partial charge in [0.05, 0.1) is 6.04 Å². The highest BCUT2D eigenvalue weighted by molar-refractivity contribution is 6.37. The first-order chi connectivity index (χ1) is 23.1. The molecule has 1 saturated heterocycles. The molecule has 0 aromatic carbocycles. The zero-order valence-corrected chi connectivity index (χ0v) is 28.9. The number of aromatic nitrogens is 1. The van der Waals surface area contributed by atoms with Crippen molar-refractivity contribution in [3.63, 3.8) is 0 Å². The van der Waals surface area contributed by atoms with Crippen LogP contribution in [0.15, 0.2) is 24.5 Å². The maximum atomic E-state index is 14.8. The van der Waals surface area contributed by atoms with Crippen LogP contribution in [-0.2, 0) is 25.6 Å². The van der Waals surface area contributed by atoms with Crippen LogP contribution in [0.3, 0.4) is 0 Å². The Morgan fingerprint density at radius 2 is 1.67 bits per heavy atom. The molecule has 5 rings (SSSR count). The van der Waals surface area contributed by atoms with Gasteiger partial charge < -0.3 is 26.6 Å². The Kier molecular flexibility index (Phi) is 12.1. The molecule has 1 aromatic heterocycles. The number of nitrogens with one attached hydrogen (secondary N) is 3. The van der Waals surface area contributed by atoms with Gasteiger partial charge in [-0.25, -0.2) is 4.79 Å². The standard InChI is InChI=1S/C37H56N6O5/c1-3-26-23-43(31(28(26)4-2)34(46)40-29(20-24-15-16-24)32(44)33(38)45)35(47)30(27-13-7-5-8-14-27)41-36(48)42-37(17-9-6-10-18-37)21-25-12-11-19-39-22-25/h11-12,19,22,24,26-31H,3-10,13-18,20-21,23H2,1-2H3,(H2,38,45)(H,40,46)(H2,41,42,48)/t26-,28-,29?,30-,31-/m0/s1. The second kappa shape index (κ2) is 16.3. The molecule has 264 valence electrons. The number of Topliss-reactive ketones (excluding diaryl/α,β-unsaturated/α-hetero) is 1. The van der Waals surface area contributed by atoms with Crippen LogP contribution in [0, 0.1) is 23.7 Å². The van der Waals surface area contributed by atoms with Gasteiger partial charge in [-0.15, -0.1) is 0 Å². The van der Waals surface area contributed by atoms with Crippen molar-refractivity contribution in [2.45, 2.75) is 140 Å². The number of carbonyl (C=O) groups excluding carboxylic acids is 5. The van der Waals surface area contributed by atoms with E-state index in [0.29, 0.717) is 25.8 Å². The Balaban J connectivity index is 1.38. The van der Waals surface area contributed by atoms with Crippen LogP contribution in [0.4, 0.5) is 4.79 Å². The van der Waals surface area contributed by atoms with Gasteiger partial charge in [-0.2, -0.15) is 0 Å². The molecule has 11 nitrogen and oxygen atoms in total. The molecule has 0 radical (unpaired) electrons. The number of pyridine rings is 1. The number of primary amides is 1. The van der Waals surface area contributed by atoms with Gasteiger partial charge >= 0.3 is 6.03 Å². The lowest BCUT2D eigenvalue weighted by Crippen LogP contribution is -2.62. The van der Waals surface area contributed by atoms with Crippen LogP contribution in [0.25, 0.3) is 0 Å². The minimum absolute atomic E-state index is 0.0406. The molecule has 1 unspecified atom stereocenters. The SMILES string of the molecule is CC[C@H]1CN(C(=O)[C@@H](NC(=O)NC2(Cc3cccnc3)CCCCC2)C2CCCCC2)[C@H](C(=O)NC(CC2CC2)C(=O)C(N)=O)[C@H]1CC. The third-order valence-electron chi connectivity index (χ3n) is 11.6. The summed E-state index contributed by atoms with van der Waals surface area (Å²) in [6.07, 6.45) is 17.6. The quantitative estimate of drug-likeness (QED) is 0.218. The number of urea groups is 1. The van der Waals surface area contributed by atoms with Gasteiger partial charge in [-0.05, 0) is 73.8 Å². The fourth-order valence-corrected chi connectivity index (χ4v) is 8.80. The number of ketones is 1. The molecular weight excluding hydrogens is 608 g/mol. The predicted molar refractivity (Wildman–Crippen MR) is 182 cm³/mol. The van der Waals surface area contributed by atoms with E-state index in [1.807, 2.05) is 25.3 Å². The number of nitrogens with zero attached hydrogens (tertiary/aromatic N) is 2. The Morgan fingerprint density at radius 3 is 2.27 bits per heavy atom. The second-order valence-corrected chi connectivity index (χ2v) is 15.0. The van der Waals surface area contributed by atoms with Gasteiger partial charge in [0.25, 0.3) is 5.91 Å². The molecular formula is C37H56N6O5. The van der Waals surface area contributed by atoms with Crippen LogP contribution in [0.1, 0.15) is 116 Å². The van der Waals surface area contributed by atoms with Crippen LogP contribution < -0.4 is 21.7 Å². The number of amides is 5. The zero-order chi connectivity index (χ0) is 34.3. The van der Waals surface area contributed by atoms with Crippen molar-refractivity contribution in [2.75, 3.05) is 6.54 Å². The van der Waals surface area contributed by atoms with Crippen LogP contribution in [0.2, 0.25) is 0 Å². The second-order valence-electron chi connectivity index (χ2n) is 15.0. The summed E-state index contributed by atoms with van der Waals surface area (Å²) in [6, 6.07) is 1.03. The van der Waals surface area contributed by atoms with E-state index in [9.17, 15) is 24.0 Å². The summed E-state index contributed by atoms with van der Waals surface area (Å²) >= 11 is 0. The highest BCUT2D eigenvalue weighted by Crippen LogP contribution is 2.38. The molecule has 4 fully saturated rings.